The van der Waals surface area contributed by atoms with Gasteiger partial charge in [-0.3, -0.25) is 0 Å². The van der Waals surface area contributed by atoms with Gasteiger partial charge >= 0.3 is 0 Å². The molecule has 0 atom stereocenters. The van der Waals surface area contributed by atoms with E-state index in [2.05, 4.69) is 31.9 Å². The van der Waals surface area contributed by atoms with Crippen LogP contribution in [0.4, 0.5) is 8.78 Å². The fourth-order valence-corrected chi connectivity index (χ4v) is 2.48. The van der Waals surface area contributed by atoms with E-state index in [1.54, 1.807) is 6.07 Å². The van der Waals surface area contributed by atoms with Crippen LogP contribution in [0, 0.1) is 11.6 Å². The van der Waals surface area contributed by atoms with Gasteiger partial charge in [0.1, 0.15) is 11.6 Å². The van der Waals surface area contributed by atoms with Crippen LogP contribution in [-0.4, -0.2) is 0 Å². The molecule has 0 saturated heterocycles. The van der Waals surface area contributed by atoms with E-state index in [1.807, 2.05) is 0 Å². The summed E-state index contributed by atoms with van der Waals surface area (Å²) < 4.78 is 32.9. The maximum absolute atomic E-state index is 13.8. The summed E-state index contributed by atoms with van der Waals surface area (Å²) in [5.74, 6) is -0.962. The lowest BCUT2D eigenvalue weighted by molar-refractivity contribution is 0.436. The van der Waals surface area contributed by atoms with Gasteiger partial charge in [0.05, 0.1) is 9.50 Å². The molecule has 2 aromatic rings. The molecule has 100 valence electrons. The van der Waals surface area contributed by atoms with Gasteiger partial charge in [-0.05, 0) is 39.7 Å². The molecule has 0 heterocycles. The molecule has 0 aromatic heterocycles. The van der Waals surface area contributed by atoms with Crippen molar-refractivity contribution in [1.82, 2.24) is 0 Å². The van der Waals surface area contributed by atoms with Gasteiger partial charge in [-0.2, -0.15) is 0 Å². The maximum atomic E-state index is 13.8. The van der Waals surface area contributed by atoms with Gasteiger partial charge in [0.15, 0.2) is 11.6 Å². The monoisotopic (exact) mass is 410 g/mol. The summed E-state index contributed by atoms with van der Waals surface area (Å²) in [5.41, 5.74) is 0.784. The second kappa shape index (κ2) is 6.20. The third-order valence-corrected chi connectivity index (χ3v) is 3.90. The van der Waals surface area contributed by atoms with Gasteiger partial charge < -0.3 is 4.74 Å². The third kappa shape index (κ3) is 3.46. The Morgan fingerprint density at radius 2 is 1.79 bits per heavy atom. The van der Waals surface area contributed by atoms with Crippen LogP contribution in [0.5, 0.6) is 11.5 Å². The van der Waals surface area contributed by atoms with Gasteiger partial charge in [0, 0.05) is 11.4 Å². The van der Waals surface area contributed by atoms with Gasteiger partial charge in [0.25, 0.3) is 0 Å². The first-order chi connectivity index (χ1) is 9.01. The largest absolute Gasteiger partial charge is 0.453 e. The number of alkyl halides is 1. The lowest BCUT2D eigenvalue weighted by Crippen LogP contribution is -1.92. The van der Waals surface area contributed by atoms with Crippen molar-refractivity contribution in [3.8, 4) is 11.5 Å². The Morgan fingerprint density at radius 1 is 1.05 bits per heavy atom. The van der Waals surface area contributed by atoms with Crippen LogP contribution in [0.1, 0.15) is 5.56 Å². The van der Waals surface area contributed by atoms with Crippen molar-refractivity contribution in [2.75, 3.05) is 0 Å². The number of ether oxygens (including phenoxy) is 1. The molecule has 2 aromatic carbocycles. The smallest absolute Gasteiger partial charge is 0.166 e. The summed E-state index contributed by atoms with van der Waals surface area (Å²) in [6.07, 6.45) is 0. The average Bonchev–Trinajstić information content (AvgIpc) is 2.38. The summed E-state index contributed by atoms with van der Waals surface area (Å²) in [5, 5.41) is 0.512. The van der Waals surface area contributed by atoms with Gasteiger partial charge in [-0.15, -0.1) is 0 Å². The molecule has 2 rings (SSSR count). The molecule has 0 aliphatic rings. The first-order valence-corrected chi connectivity index (χ1v) is 7.47. The Balaban J connectivity index is 2.33. The standard InChI is InChI=1S/C13H7Br2ClF2O/c14-6-7-1-2-12(11(18)3-7)19-13-5-10(17)9(16)4-8(13)15/h1-5H,6H2. The van der Waals surface area contributed by atoms with Crippen molar-refractivity contribution >= 4 is 43.5 Å². The summed E-state index contributed by atoms with van der Waals surface area (Å²) in [6.45, 7) is 0. The van der Waals surface area contributed by atoms with Gasteiger partial charge in [-0.25, -0.2) is 8.78 Å². The van der Waals surface area contributed by atoms with Crippen LogP contribution < -0.4 is 4.74 Å². The molecular formula is C13H7Br2ClF2O. The van der Waals surface area contributed by atoms with Crippen LogP contribution in [0.15, 0.2) is 34.8 Å². The number of hydrogen-bond donors (Lipinski definition) is 0. The van der Waals surface area contributed by atoms with Crippen molar-refractivity contribution in [1.29, 1.82) is 0 Å². The Bertz CT molecular complexity index is 620. The highest BCUT2D eigenvalue weighted by Gasteiger charge is 2.11. The molecule has 0 bridgehead atoms. The predicted octanol–water partition coefficient (Wildman–Crippen LogP) is 6.07. The normalized spacial score (nSPS) is 10.6. The van der Waals surface area contributed by atoms with E-state index in [4.69, 9.17) is 16.3 Å². The van der Waals surface area contributed by atoms with Gasteiger partial charge in [-0.1, -0.05) is 33.6 Å². The van der Waals surface area contributed by atoms with E-state index in [1.165, 1.54) is 18.2 Å². The molecule has 6 heteroatoms. The van der Waals surface area contributed by atoms with Crippen molar-refractivity contribution in [3.63, 3.8) is 0 Å². The fraction of sp³-hybridized carbons (Fsp3) is 0.0769. The van der Waals surface area contributed by atoms with Crippen molar-refractivity contribution in [3.05, 3.63) is 57.0 Å². The Hall–Kier alpha value is -0.650. The topological polar surface area (TPSA) is 9.23 Å². The average molecular weight is 412 g/mol. The van der Waals surface area contributed by atoms with E-state index in [0.717, 1.165) is 11.6 Å². The molecule has 0 fully saturated rings. The van der Waals surface area contributed by atoms with Crippen LogP contribution >= 0.6 is 43.5 Å². The third-order valence-electron chi connectivity index (χ3n) is 2.35. The lowest BCUT2D eigenvalue weighted by atomic mass is 10.2. The summed E-state index contributed by atoms with van der Waals surface area (Å²) >= 11 is 12.0. The number of hydrogen-bond acceptors (Lipinski definition) is 1. The summed E-state index contributed by atoms with van der Waals surface area (Å²) in [6, 6.07) is 7.02. The molecule has 0 saturated carbocycles. The Kier molecular flexibility index (Phi) is 4.81. The highest BCUT2D eigenvalue weighted by molar-refractivity contribution is 9.10. The van der Waals surface area contributed by atoms with Crippen molar-refractivity contribution < 1.29 is 13.5 Å². The minimum Gasteiger partial charge on any atom is -0.453 e. The van der Waals surface area contributed by atoms with E-state index in [0.29, 0.717) is 9.80 Å². The highest BCUT2D eigenvalue weighted by Crippen LogP contribution is 2.34. The lowest BCUT2D eigenvalue weighted by Gasteiger charge is -2.10. The van der Waals surface area contributed by atoms with Crippen molar-refractivity contribution in [2.45, 2.75) is 5.33 Å². The molecule has 0 spiro atoms. The van der Waals surface area contributed by atoms with E-state index >= 15 is 0 Å². The number of halogens is 5. The van der Waals surface area contributed by atoms with Crippen LogP contribution in [0.3, 0.4) is 0 Å². The zero-order chi connectivity index (χ0) is 14.0. The molecule has 0 aliphatic heterocycles. The molecule has 0 aliphatic carbocycles. The minimum atomic E-state index is -0.627. The first-order valence-electron chi connectivity index (χ1n) is 5.18. The first kappa shape index (κ1) is 14.8. The summed E-state index contributed by atoms with van der Waals surface area (Å²) in [7, 11) is 0. The van der Waals surface area contributed by atoms with Crippen LogP contribution in [-0.2, 0) is 5.33 Å². The van der Waals surface area contributed by atoms with E-state index in [-0.39, 0.29) is 16.5 Å². The van der Waals surface area contributed by atoms with Crippen molar-refractivity contribution in [2.24, 2.45) is 0 Å². The van der Waals surface area contributed by atoms with E-state index < -0.39 is 11.6 Å². The fourth-order valence-electron chi connectivity index (χ4n) is 1.41. The SMILES string of the molecule is Fc1cc(Oc2ccc(CBr)cc2F)c(Br)cc1Cl. The van der Waals surface area contributed by atoms with E-state index in [9.17, 15) is 8.78 Å². The maximum Gasteiger partial charge on any atom is 0.166 e. The molecule has 0 amide bonds. The molecule has 1 nitrogen and oxygen atoms in total. The van der Waals surface area contributed by atoms with Crippen LogP contribution in [0.25, 0.3) is 0 Å². The minimum absolute atomic E-state index is 0.0205. The van der Waals surface area contributed by atoms with Gasteiger partial charge in [0.2, 0.25) is 0 Å². The summed E-state index contributed by atoms with van der Waals surface area (Å²) in [4.78, 5) is 0. The Morgan fingerprint density at radius 3 is 2.42 bits per heavy atom. The Labute approximate surface area is 130 Å². The molecule has 0 unspecified atom stereocenters. The number of benzene rings is 2. The zero-order valence-electron chi connectivity index (χ0n) is 9.39. The molecule has 19 heavy (non-hydrogen) atoms. The quantitative estimate of drug-likeness (QED) is 0.439. The molecular weight excluding hydrogens is 405 g/mol. The molecule has 0 N–H and O–H groups in total. The molecule has 0 radical (unpaired) electrons. The predicted molar refractivity (Wildman–Crippen MR) is 78.2 cm³/mol. The zero-order valence-corrected chi connectivity index (χ0v) is 13.3. The highest BCUT2D eigenvalue weighted by atomic mass is 79.9. The number of rotatable bonds is 3. The van der Waals surface area contributed by atoms with Crippen LogP contribution in [0.2, 0.25) is 5.02 Å². The second-order valence-corrected chi connectivity index (χ2v) is 5.52. The second-order valence-electron chi connectivity index (χ2n) is 3.70.